The van der Waals surface area contributed by atoms with Crippen molar-refractivity contribution in [1.29, 1.82) is 0 Å². The van der Waals surface area contributed by atoms with Crippen LogP contribution < -0.4 is 5.32 Å². The van der Waals surface area contributed by atoms with Crippen molar-refractivity contribution in [2.24, 2.45) is 11.3 Å². The van der Waals surface area contributed by atoms with Crippen LogP contribution in [0.5, 0.6) is 0 Å². The number of rotatable bonds is 6. The summed E-state index contributed by atoms with van der Waals surface area (Å²) in [4.78, 5) is 4.08. The largest absolute Gasteiger partial charge is 0.314 e. The first kappa shape index (κ1) is 15.2. The number of aromatic nitrogens is 1. The minimum Gasteiger partial charge on any atom is -0.314 e. The van der Waals surface area contributed by atoms with Crippen LogP contribution in [-0.4, -0.2) is 17.6 Å². The molecular formula is C16H28N2. The molecule has 1 N–H and O–H groups in total. The van der Waals surface area contributed by atoms with Crippen LogP contribution in [0.15, 0.2) is 24.5 Å². The normalized spacial score (nSPS) is 15.4. The van der Waals surface area contributed by atoms with Gasteiger partial charge in [-0.15, -0.1) is 0 Å². The highest BCUT2D eigenvalue weighted by atomic mass is 14.9. The van der Waals surface area contributed by atoms with E-state index in [0.29, 0.717) is 17.4 Å². The van der Waals surface area contributed by atoms with E-state index in [4.69, 9.17) is 0 Å². The fourth-order valence-electron chi connectivity index (χ4n) is 2.11. The molecule has 0 aliphatic heterocycles. The Morgan fingerprint density at radius 1 is 1.22 bits per heavy atom. The van der Waals surface area contributed by atoms with E-state index in [1.165, 1.54) is 12.0 Å². The van der Waals surface area contributed by atoms with Crippen LogP contribution in [-0.2, 0) is 6.42 Å². The molecule has 0 radical (unpaired) electrons. The zero-order valence-corrected chi connectivity index (χ0v) is 12.5. The lowest BCUT2D eigenvalue weighted by atomic mass is 9.78. The van der Waals surface area contributed by atoms with E-state index < -0.39 is 0 Å². The Balaban J connectivity index is 2.60. The van der Waals surface area contributed by atoms with Gasteiger partial charge in [0, 0.05) is 18.4 Å². The lowest BCUT2D eigenvalue weighted by Gasteiger charge is -2.31. The van der Waals surface area contributed by atoms with Crippen molar-refractivity contribution in [3.8, 4) is 0 Å². The van der Waals surface area contributed by atoms with Crippen molar-refractivity contribution < 1.29 is 0 Å². The van der Waals surface area contributed by atoms with Crippen LogP contribution in [0.25, 0.3) is 0 Å². The summed E-state index contributed by atoms with van der Waals surface area (Å²) < 4.78 is 0. The average Bonchev–Trinajstić information content (AvgIpc) is 2.29. The summed E-state index contributed by atoms with van der Waals surface area (Å²) in [6, 6.07) is 4.80. The van der Waals surface area contributed by atoms with E-state index in [9.17, 15) is 0 Å². The molecule has 2 nitrogen and oxygen atoms in total. The first-order valence-corrected chi connectivity index (χ1v) is 7.05. The smallest absolute Gasteiger partial charge is 0.0270 e. The second-order valence-corrected chi connectivity index (χ2v) is 6.32. The van der Waals surface area contributed by atoms with Gasteiger partial charge in [0.2, 0.25) is 0 Å². The molecule has 0 saturated carbocycles. The van der Waals surface area contributed by atoms with Crippen molar-refractivity contribution >= 4 is 0 Å². The first-order chi connectivity index (χ1) is 8.43. The Kier molecular flexibility index (Phi) is 5.80. The molecule has 0 saturated heterocycles. The lowest BCUT2D eigenvalue weighted by molar-refractivity contribution is 0.222. The molecule has 0 amide bonds. The van der Waals surface area contributed by atoms with Crippen LogP contribution in [0.4, 0.5) is 0 Å². The zero-order chi connectivity index (χ0) is 13.6. The first-order valence-electron chi connectivity index (χ1n) is 7.05. The molecule has 2 atom stereocenters. The average molecular weight is 248 g/mol. The van der Waals surface area contributed by atoms with Gasteiger partial charge in [-0.2, -0.15) is 0 Å². The molecule has 2 heteroatoms. The molecule has 0 aliphatic carbocycles. The Morgan fingerprint density at radius 3 is 2.33 bits per heavy atom. The van der Waals surface area contributed by atoms with Crippen LogP contribution in [0, 0.1) is 11.3 Å². The van der Waals surface area contributed by atoms with Crippen molar-refractivity contribution in [2.75, 3.05) is 6.54 Å². The number of likely N-dealkylation sites (N-methyl/N-ethyl adjacent to an activating group) is 1. The molecule has 0 fully saturated rings. The second-order valence-electron chi connectivity index (χ2n) is 6.32. The third kappa shape index (κ3) is 5.18. The third-order valence-corrected chi connectivity index (χ3v) is 3.84. The van der Waals surface area contributed by atoms with Gasteiger partial charge in [0.05, 0.1) is 0 Å². The van der Waals surface area contributed by atoms with E-state index in [2.05, 4.69) is 57.1 Å². The Labute approximate surface area is 112 Å². The molecule has 1 heterocycles. The number of nitrogens with one attached hydrogen (secondary N) is 1. The van der Waals surface area contributed by atoms with Gasteiger partial charge < -0.3 is 5.32 Å². The maximum absolute atomic E-state index is 4.08. The fraction of sp³-hybridized carbons (Fsp3) is 0.688. The summed E-state index contributed by atoms with van der Waals surface area (Å²) in [5.41, 5.74) is 1.75. The molecule has 2 unspecified atom stereocenters. The van der Waals surface area contributed by atoms with Gasteiger partial charge in [-0.1, -0.05) is 34.6 Å². The molecule has 102 valence electrons. The monoisotopic (exact) mass is 248 g/mol. The third-order valence-electron chi connectivity index (χ3n) is 3.84. The van der Waals surface area contributed by atoms with Gasteiger partial charge in [0.25, 0.3) is 0 Å². The van der Waals surface area contributed by atoms with Crippen molar-refractivity contribution in [3.05, 3.63) is 30.1 Å². The SMILES string of the molecule is CCNC(Cc1ccncc1)CC(C)C(C)(C)C. The molecule has 0 spiro atoms. The number of nitrogens with zero attached hydrogens (tertiary/aromatic N) is 1. The number of pyridine rings is 1. The zero-order valence-electron chi connectivity index (χ0n) is 12.5. The molecule has 0 aliphatic rings. The number of hydrogen-bond acceptors (Lipinski definition) is 2. The molecule has 0 bridgehead atoms. The van der Waals surface area contributed by atoms with E-state index >= 15 is 0 Å². The summed E-state index contributed by atoms with van der Waals surface area (Å²) in [5, 5.41) is 3.61. The van der Waals surface area contributed by atoms with E-state index in [0.717, 1.165) is 13.0 Å². The predicted molar refractivity (Wildman–Crippen MR) is 78.6 cm³/mol. The Bertz CT molecular complexity index is 327. The summed E-state index contributed by atoms with van der Waals surface area (Å²) in [6.45, 7) is 12.6. The van der Waals surface area contributed by atoms with Gasteiger partial charge in [0.15, 0.2) is 0 Å². The summed E-state index contributed by atoms with van der Waals surface area (Å²) in [7, 11) is 0. The van der Waals surface area contributed by atoms with Gasteiger partial charge in [-0.25, -0.2) is 0 Å². The molecule has 1 rings (SSSR count). The second kappa shape index (κ2) is 6.89. The van der Waals surface area contributed by atoms with Crippen molar-refractivity contribution in [3.63, 3.8) is 0 Å². The van der Waals surface area contributed by atoms with Gasteiger partial charge in [0.1, 0.15) is 0 Å². The molecule has 0 aromatic carbocycles. The molecular weight excluding hydrogens is 220 g/mol. The van der Waals surface area contributed by atoms with Gasteiger partial charge in [-0.05, 0) is 48.4 Å². The van der Waals surface area contributed by atoms with E-state index in [1.807, 2.05) is 12.4 Å². The highest BCUT2D eigenvalue weighted by Crippen LogP contribution is 2.29. The highest BCUT2D eigenvalue weighted by molar-refractivity contribution is 5.11. The van der Waals surface area contributed by atoms with Crippen molar-refractivity contribution in [1.82, 2.24) is 10.3 Å². The highest BCUT2D eigenvalue weighted by Gasteiger charge is 2.23. The van der Waals surface area contributed by atoms with Crippen LogP contribution in [0.2, 0.25) is 0 Å². The van der Waals surface area contributed by atoms with E-state index in [-0.39, 0.29) is 0 Å². The van der Waals surface area contributed by atoms with Gasteiger partial charge in [-0.3, -0.25) is 4.98 Å². The van der Waals surface area contributed by atoms with E-state index in [1.54, 1.807) is 0 Å². The summed E-state index contributed by atoms with van der Waals surface area (Å²) >= 11 is 0. The Hall–Kier alpha value is -0.890. The lowest BCUT2D eigenvalue weighted by Crippen LogP contribution is -2.35. The van der Waals surface area contributed by atoms with Crippen LogP contribution in [0.3, 0.4) is 0 Å². The standard InChI is InChI=1S/C16H28N2/c1-6-18-15(11-13(2)16(3,4)5)12-14-7-9-17-10-8-14/h7-10,13,15,18H,6,11-12H2,1-5H3. The quantitative estimate of drug-likeness (QED) is 0.831. The molecule has 1 aromatic rings. The summed E-state index contributed by atoms with van der Waals surface area (Å²) in [6.07, 6.45) is 6.08. The maximum atomic E-state index is 4.08. The Morgan fingerprint density at radius 2 is 1.83 bits per heavy atom. The van der Waals surface area contributed by atoms with Crippen LogP contribution >= 0.6 is 0 Å². The predicted octanol–water partition coefficient (Wildman–Crippen LogP) is 3.67. The minimum atomic E-state index is 0.381. The van der Waals surface area contributed by atoms with Gasteiger partial charge >= 0.3 is 0 Å². The summed E-state index contributed by atoms with van der Waals surface area (Å²) in [5.74, 6) is 0.711. The van der Waals surface area contributed by atoms with Crippen LogP contribution in [0.1, 0.15) is 46.6 Å². The molecule has 1 aromatic heterocycles. The maximum Gasteiger partial charge on any atom is 0.0270 e. The number of hydrogen-bond donors (Lipinski definition) is 1. The molecule has 18 heavy (non-hydrogen) atoms. The minimum absolute atomic E-state index is 0.381. The fourth-order valence-corrected chi connectivity index (χ4v) is 2.11. The van der Waals surface area contributed by atoms with Crippen molar-refractivity contribution in [2.45, 2.75) is 53.5 Å². The topological polar surface area (TPSA) is 24.9 Å².